The van der Waals surface area contributed by atoms with Gasteiger partial charge < -0.3 is 38.8 Å². The zero-order valence-electron chi connectivity index (χ0n) is 29.7. The molecule has 0 saturated carbocycles. The highest BCUT2D eigenvalue weighted by molar-refractivity contribution is 5.81. The van der Waals surface area contributed by atoms with Crippen LogP contribution in [0.3, 0.4) is 0 Å². The SMILES string of the molecule is CCN(C(=O)OCC1CCCO1)[C@@H]1C[C@H](C(=O)NCC2(CCCCOC)c3ccccc3Oc3ccccc32)CN(C(=O)OC(C)(C)C)C1. The molecule has 1 unspecified atom stereocenters. The average molecular weight is 680 g/mol. The number of amides is 3. The number of methoxy groups -OCH3 is 1. The molecule has 0 spiro atoms. The van der Waals surface area contributed by atoms with Gasteiger partial charge in [-0.05, 0) is 78.4 Å². The van der Waals surface area contributed by atoms with Gasteiger partial charge in [0, 0.05) is 63.0 Å². The summed E-state index contributed by atoms with van der Waals surface area (Å²) in [5.74, 6) is 0.786. The summed E-state index contributed by atoms with van der Waals surface area (Å²) in [6, 6.07) is 15.6. The van der Waals surface area contributed by atoms with E-state index in [9.17, 15) is 14.4 Å². The number of likely N-dealkylation sites (N-methyl/N-ethyl adjacent to an activating group) is 1. The highest BCUT2D eigenvalue weighted by atomic mass is 16.6. The summed E-state index contributed by atoms with van der Waals surface area (Å²) in [5, 5.41) is 3.31. The lowest BCUT2D eigenvalue weighted by molar-refractivity contribution is -0.127. The molecule has 0 aromatic heterocycles. The summed E-state index contributed by atoms with van der Waals surface area (Å²) >= 11 is 0. The van der Waals surface area contributed by atoms with E-state index < -0.39 is 35.2 Å². The molecule has 1 N–H and O–H groups in total. The first-order valence-corrected chi connectivity index (χ1v) is 17.7. The van der Waals surface area contributed by atoms with Gasteiger partial charge in [0.1, 0.15) is 23.7 Å². The smallest absolute Gasteiger partial charge is 0.410 e. The molecule has 0 bridgehead atoms. The molecule has 3 amide bonds. The van der Waals surface area contributed by atoms with Gasteiger partial charge in [0.05, 0.1) is 18.1 Å². The third-order valence-corrected chi connectivity index (χ3v) is 9.68. The molecule has 5 rings (SSSR count). The fourth-order valence-corrected chi connectivity index (χ4v) is 7.29. The van der Waals surface area contributed by atoms with E-state index in [4.69, 9.17) is 23.7 Å². The molecule has 0 aliphatic carbocycles. The number of nitrogens with zero attached hydrogens (tertiary/aromatic N) is 2. The van der Waals surface area contributed by atoms with Gasteiger partial charge in [-0.15, -0.1) is 0 Å². The molecule has 3 aliphatic rings. The predicted molar refractivity (Wildman–Crippen MR) is 185 cm³/mol. The normalized spacial score (nSPS) is 21.2. The van der Waals surface area contributed by atoms with Gasteiger partial charge in [0.15, 0.2) is 0 Å². The Hall–Kier alpha value is -3.83. The number of piperidine rings is 1. The van der Waals surface area contributed by atoms with Gasteiger partial charge in [0.25, 0.3) is 0 Å². The van der Waals surface area contributed by atoms with Crippen LogP contribution in [-0.4, -0.2) is 98.7 Å². The van der Waals surface area contributed by atoms with Crippen molar-refractivity contribution in [2.24, 2.45) is 5.92 Å². The summed E-state index contributed by atoms with van der Waals surface area (Å²) in [7, 11) is 1.70. The Morgan fingerprint density at radius 3 is 2.33 bits per heavy atom. The standard InChI is InChI=1S/C38H53N3O8/c1-6-41(36(44)47-25-29-14-13-21-46-29)28-22-27(23-40(24-28)35(43)49-37(2,3)4)34(42)39-26-38(19-11-12-20-45-5)30-15-7-9-17-32(30)48-33-18-10-8-16-31(33)38/h7-10,15-18,27-29H,6,11-14,19-26H2,1-5H3,(H,39,42)/t27-,28+,29?/m0/s1. The van der Waals surface area contributed by atoms with Crippen LogP contribution in [0.5, 0.6) is 11.5 Å². The lowest BCUT2D eigenvalue weighted by atomic mass is 9.69. The predicted octanol–water partition coefficient (Wildman–Crippen LogP) is 6.27. The van der Waals surface area contributed by atoms with E-state index in [2.05, 4.69) is 17.4 Å². The second-order valence-corrected chi connectivity index (χ2v) is 14.3. The van der Waals surface area contributed by atoms with E-state index >= 15 is 0 Å². The lowest BCUT2D eigenvalue weighted by Crippen LogP contribution is -2.58. The third-order valence-electron chi connectivity index (χ3n) is 9.68. The van der Waals surface area contributed by atoms with Crippen molar-refractivity contribution in [1.82, 2.24) is 15.1 Å². The van der Waals surface area contributed by atoms with Gasteiger partial charge in [-0.25, -0.2) is 9.59 Å². The minimum atomic E-state index is -0.717. The number of para-hydroxylation sites is 2. The van der Waals surface area contributed by atoms with Crippen molar-refractivity contribution in [2.75, 3.05) is 53.1 Å². The Kier molecular flexibility index (Phi) is 12.1. The van der Waals surface area contributed by atoms with Gasteiger partial charge in [0.2, 0.25) is 5.91 Å². The molecule has 11 nitrogen and oxygen atoms in total. The summed E-state index contributed by atoms with van der Waals surface area (Å²) in [4.78, 5) is 44.2. The first kappa shape index (κ1) is 36.5. The second kappa shape index (κ2) is 16.3. The summed E-state index contributed by atoms with van der Waals surface area (Å²) in [6.45, 7) is 9.93. The summed E-state index contributed by atoms with van der Waals surface area (Å²) < 4.78 is 28.7. The number of likely N-dealkylation sites (tertiary alicyclic amines) is 1. The van der Waals surface area contributed by atoms with E-state index in [-0.39, 0.29) is 31.7 Å². The molecule has 3 heterocycles. The maximum atomic E-state index is 14.3. The molecule has 2 aromatic rings. The van der Waals surface area contributed by atoms with Crippen LogP contribution in [0, 0.1) is 5.92 Å². The van der Waals surface area contributed by atoms with Gasteiger partial charge in [-0.2, -0.15) is 0 Å². The number of unbranched alkanes of at least 4 members (excludes halogenated alkanes) is 1. The molecule has 2 aromatic carbocycles. The Labute approximate surface area is 290 Å². The number of fused-ring (bicyclic) bond motifs is 2. The number of hydrogen-bond acceptors (Lipinski definition) is 8. The third kappa shape index (κ3) is 8.86. The Morgan fingerprint density at radius 2 is 1.71 bits per heavy atom. The number of nitrogens with one attached hydrogen (secondary N) is 1. The number of carbonyl (C=O) groups is 3. The van der Waals surface area contributed by atoms with Gasteiger partial charge in [-0.1, -0.05) is 36.4 Å². The Balaban J connectivity index is 1.39. The number of benzene rings is 2. The fraction of sp³-hybridized carbons (Fsp3) is 0.605. The van der Waals surface area contributed by atoms with Crippen LogP contribution in [0.1, 0.15) is 77.3 Å². The van der Waals surface area contributed by atoms with Crippen LogP contribution < -0.4 is 10.1 Å². The van der Waals surface area contributed by atoms with E-state index in [0.717, 1.165) is 54.7 Å². The zero-order valence-corrected chi connectivity index (χ0v) is 29.7. The van der Waals surface area contributed by atoms with Crippen LogP contribution in [-0.2, 0) is 29.2 Å². The molecule has 0 radical (unpaired) electrons. The van der Waals surface area contributed by atoms with Crippen molar-refractivity contribution in [1.29, 1.82) is 0 Å². The highest BCUT2D eigenvalue weighted by Gasteiger charge is 2.44. The van der Waals surface area contributed by atoms with Crippen molar-refractivity contribution in [3.05, 3.63) is 59.7 Å². The fourth-order valence-electron chi connectivity index (χ4n) is 7.29. The Morgan fingerprint density at radius 1 is 1.02 bits per heavy atom. The zero-order chi connectivity index (χ0) is 35.0. The van der Waals surface area contributed by atoms with Crippen molar-refractivity contribution < 1.29 is 38.1 Å². The minimum Gasteiger partial charge on any atom is -0.457 e. The molecular formula is C38H53N3O8. The summed E-state index contributed by atoms with van der Waals surface area (Å²) in [6.07, 6.45) is 3.62. The number of ether oxygens (including phenoxy) is 5. The maximum Gasteiger partial charge on any atom is 0.410 e. The van der Waals surface area contributed by atoms with Crippen LogP contribution in [0.4, 0.5) is 9.59 Å². The molecule has 2 saturated heterocycles. The number of carbonyl (C=O) groups excluding carboxylic acids is 3. The second-order valence-electron chi connectivity index (χ2n) is 14.3. The molecular weight excluding hydrogens is 626 g/mol. The minimum absolute atomic E-state index is 0.104. The Bertz CT molecular complexity index is 1390. The molecule has 2 fully saturated rings. The van der Waals surface area contributed by atoms with Crippen LogP contribution in [0.25, 0.3) is 0 Å². The largest absolute Gasteiger partial charge is 0.457 e. The van der Waals surface area contributed by atoms with E-state index in [1.165, 1.54) is 0 Å². The molecule has 3 aliphatic heterocycles. The first-order valence-electron chi connectivity index (χ1n) is 17.7. The van der Waals surface area contributed by atoms with Gasteiger partial charge in [-0.3, -0.25) is 4.79 Å². The van der Waals surface area contributed by atoms with Gasteiger partial charge >= 0.3 is 12.2 Å². The van der Waals surface area contributed by atoms with Crippen molar-refractivity contribution in [2.45, 2.75) is 89.4 Å². The van der Waals surface area contributed by atoms with Crippen molar-refractivity contribution in [3.63, 3.8) is 0 Å². The van der Waals surface area contributed by atoms with Crippen LogP contribution >= 0.6 is 0 Å². The average Bonchev–Trinajstić information content (AvgIpc) is 3.61. The quantitative estimate of drug-likeness (QED) is 0.261. The van der Waals surface area contributed by atoms with Crippen molar-refractivity contribution in [3.8, 4) is 11.5 Å². The first-order chi connectivity index (χ1) is 23.5. The topological polar surface area (TPSA) is 116 Å². The molecule has 49 heavy (non-hydrogen) atoms. The van der Waals surface area contributed by atoms with Crippen molar-refractivity contribution >= 4 is 18.1 Å². The lowest BCUT2D eigenvalue weighted by Gasteiger charge is -2.43. The summed E-state index contributed by atoms with van der Waals surface area (Å²) in [5.41, 5.74) is 0.782. The van der Waals surface area contributed by atoms with Crippen LogP contribution in [0.2, 0.25) is 0 Å². The highest BCUT2D eigenvalue weighted by Crippen LogP contribution is 2.50. The van der Waals surface area contributed by atoms with Crippen LogP contribution in [0.15, 0.2) is 48.5 Å². The number of hydrogen-bond donors (Lipinski definition) is 1. The van der Waals surface area contributed by atoms with E-state index in [1.807, 2.05) is 64.1 Å². The molecule has 3 atom stereocenters. The van der Waals surface area contributed by atoms with E-state index in [1.54, 1.807) is 16.9 Å². The maximum absolute atomic E-state index is 14.3. The van der Waals surface area contributed by atoms with E-state index in [0.29, 0.717) is 32.7 Å². The number of rotatable bonds is 12. The monoisotopic (exact) mass is 679 g/mol. The molecule has 268 valence electrons. The molecule has 11 heteroatoms.